The van der Waals surface area contributed by atoms with Crippen LogP contribution in [0.15, 0.2) is 24.3 Å². The van der Waals surface area contributed by atoms with Crippen molar-refractivity contribution in [3.05, 3.63) is 45.6 Å². The van der Waals surface area contributed by atoms with E-state index in [1.807, 2.05) is 6.92 Å². The third kappa shape index (κ3) is 3.37. The van der Waals surface area contributed by atoms with Crippen molar-refractivity contribution in [3.63, 3.8) is 0 Å². The van der Waals surface area contributed by atoms with Gasteiger partial charge in [-0.1, -0.05) is 29.3 Å². The molecule has 0 bridgehead atoms. The molecule has 0 fully saturated rings. The summed E-state index contributed by atoms with van der Waals surface area (Å²) in [5.41, 5.74) is 1.30. The van der Waals surface area contributed by atoms with Crippen LogP contribution in [0.2, 0.25) is 10.2 Å². The molecule has 7 heteroatoms. The number of carbonyl (C=O) groups excluding carboxylic acids is 1. The molecule has 2 aromatic rings. The molecule has 1 aromatic carbocycles. The van der Waals surface area contributed by atoms with Gasteiger partial charge in [-0.15, -0.1) is 0 Å². The summed E-state index contributed by atoms with van der Waals surface area (Å²) in [6.07, 6.45) is 0. The molecule has 20 heavy (non-hydrogen) atoms. The average molecular weight is 312 g/mol. The zero-order valence-corrected chi connectivity index (χ0v) is 12.3. The molecule has 0 spiro atoms. The first-order chi connectivity index (χ1) is 9.49. The second-order valence-electron chi connectivity index (χ2n) is 3.99. The second-order valence-corrected chi connectivity index (χ2v) is 4.79. The summed E-state index contributed by atoms with van der Waals surface area (Å²) in [5, 5.41) is 3.05. The van der Waals surface area contributed by atoms with E-state index < -0.39 is 5.91 Å². The zero-order valence-electron chi connectivity index (χ0n) is 10.8. The van der Waals surface area contributed by atoms with Gasteiger partial charge in [0, 0.05) is 6.07 Å². The minimum atomic E-state index is -0.417. The maximum absolute atomic E-state index is 12.1. The highest BCUT2D eigenvalue weighted by molar-refractivity contribution is 6.34. The van der Waals surface area contributed by atoms with Gasteiger partial charge in [-0.05, 0) is 24.6 Å². The number of aryl methyl sites for hydroxylation is 1. The summed E-state index contributed by atoms with van der Waals surface area (Å²) >= 11 is 11.8. The smallest absolute Gasteiger partial charge is 0.259 e. The Kier molecular flexibility index (Phi) is 4.42. The van der Waals surface area contributed by atoms with Crippen molar-refractivity contribution in [2.75, 3.05) is 12.4 Å². The number of hydrogen-bond donors (Lipinski definition) is 1. The second kappa shape index (κ2) is 6.07. The number of carbonyl (C=O) groups is 1. The van der Waals surface area contributed by atoms with Crippen molar-refractivity contribution >= 4 is 35.1 Å². The normalized spacial score (nSPS) is 10.2. The molecule has 0 aliphatic carbocycles. The largest absolute Gasteiger partial charge is 0.481 e. The predicted octanol–water partition coefficient (Wildman–Crippen LogP) is 3.35. The molecule has 2 rings (SSSR count). The molecule has 0 unspecified atom stereocenters. The topological polar surface area (TPSA) is 64.1 Å². The van der Waals surface area contributed by atoms with Crippen LogP contribution in [-0.2, 0) is 0 Å². The number of nitrogens with zero attached hydrogens (tertiary/aromatic N) is 2. The summed E-state index contributed by atoms with van der Waals surface area (Å²) in [6.45, 7) is 1.89. The molecular formula is C13H11Cl2N3O2. The van der Waals surface area contributed by atoms with Crippen LogP contribution in [-0.4, -0.2) is 23.0 Å². The van der Waals surface area contributed by atoms with E-state index in [-0.39, 0.29) is 17.0 Å². The van der Waals surface area contributed by atoms with Crippen LogP contribution in [0.4, 0.5) is 5.95 Å². The van der Waals surface area contributed by atoms with Crippen LogP contribution in [0.1, 0.15) is 15.9 Å². The standard InChI is InChI=1S/C13H11Cl2N3O2/c1-7-3-4-8(9(14)5-7)12(19)18-13-16-10(15)6-11(17-13)20-2/h3-6H,1-2H3,(H,16,17,18,19). The molecule has 0 saturated carbocycles. The Morgan fingerprint density at radius 2 is 2.00 bits per heavy atom. The van der Waals surface area contributed by atoms with Crippen molar-refractivity contribution in [2.24, 2.45) is 0 Å². The molecule has 0 saturated heterocycles. The Hall–Kier alpha value is -1.85. The van der Waals surface area contributed by atoms with E-state index >= 15 is 0 Å². The SMILES string of the molecule is COc1cc(Cl)nc(NC(=O)c2ccc(C)cc2Cl)n1. The van der Waals surface area contributed by atoms with Gasteiger partial charge in [0.15, 0.2) is 0 Å². The first kappa shape index (κ1) is 14.6. The first-order valence-corrected chi connectivity index (χ1v) is 6.41. The highest BCUT2D eigenvalue weighted by Gasteiger charge is 2.13. The Balaban J connectivity index is 2.25. The Labute approximate surface area is 125 Å². The molecule has 0 atom stereocenters. The van der Waals surface area contributed by atoms with E-state index in [2.05, 4.69) is 15.3 Å². The lowest BCUT2D eigenvalue weighted by Gasteiger charge is -2.07. The van der Waals surface area contributed by atoms with Gasteiger partial charge >= 0.3 is 0 Å². The fraction of sp³-hybridized carbons (Fsp3) is 0.154. The lowest BCUT2D eigenvalue weighted by atomic mass is 10.1. The number of anilines is 1. The van der Waals surface area contributed by atoms with Gasteiger partial charge < -0.3 is 4.74 Å². The molecule has 104 valence electrons. The molecular weight excluding hydrogens is 301 g/mol. The number of rotatable bonds is 3. The number of hydrogen-bond acceptors (Lipinski definition) is 4. The number of aromatic nitrogens is 2. The fourth-order valence-corrected chi connectivity index (χ4v) is 2.02. The number of methoxy groups -OCH3 is 1. The summed E-state index contributed by atoms with van der Waals surface area (Å²) in [7, 11) is 1.45. The molecule has 1 amide bonds. The van der Waals surface area contributed by atoms with Gasteiger partial charge in [0.2, 0.25) is 11.8 Å². The lowest BCUT2D eigenvalue weighted by molar-refractivity contribution is 0.102. The maximum Gasteiger partial charge on any atom is 0.259 e. The number of benzene rings is 1. The first-order valence-electron chi connectivity index (χ1n) is 5.65. The van der Waals surface area contributed by atoms with E-state index in [0.29, 0.717) is 10.6 Å². The van der Waals surface area contributed by atoms with Crippen LogP contribution in [0.5, 0.6) is 5.88 Å². The Bertz CT molecular complexity index is 662. The van der Waals surface area contributed by atoms with Crippen molar-refractivity contribution in [1.29, 1.82) is 0 Å². The third-order valence-electron chi connectivity index (χ3n) is 2.48. The summed E-state index contributed by atoms with van der Waals surface area (Å²) in [5.74, 6) is -0.106. The van der Waals surface area contributed by atoms with E-state index in [0.717, 1.165) is 5.56 Å². The molecule has 5 nitrogen and oxygen atoms in total. The van der Waals surface area contributed by atoms with Gasteiger partial charge in [0.25, 0.3) is 5.91 Å². The predicted molar refractivity (Wildman–Crippen MR) is 77.7 cm³/mol. The quantitative estimate of drug-likeness (QED) is 0.883. The average Bonchev–Trinajstić information content (AvgIpc) is 2.37. The summed E-state index contributed by atoms with van der Waals surface area (Å²) < 4.78 is 4.95. The van der Waals surface area contributed by atoms with Crippen molar-refractivity contribution in [2.45, 2.75) is 6.92 Å². The summed E-state index contributed by atoms with van der Waals surface area (Å²) in [4.78, 5) is 20.0. The van der Waals surface area contributed by atoms with Gasteiger partial charge in [0.05, 0.1) is 17.7 Å². The fourth-order valence-electron chi connectivity index (χ4n) is 1.53. The lowest BCUT2D eigenvalue weighted by Crippen LogP contribution is -2.15. The van der Waals surface area contributed by atoms with Crippen molar-refractivity contribution in [3.8, 4) is 5.88 Å². The van der Waals surface area contributed by atoms with E-state index in [1.54, 1.807) is 18.2 Å². The van der Waals surface area contributed by atoms with Crippen molar-refractivity contribution < 1.29 is 9.53 Å². The van der Waals surface area contributed by atoms with Crippen LogP contribution in [0, 0.1) is 6.92 Å². The van der Waals surface area contributed by atoms with Crippen LogP contribution >= 0.6 is 23.2 Å². The maximum atomic E-state index is 12.1. The highest BCUT2D eigenvalue weighted by atomic mass is 35.5. The molecule has 0 radical (unpaired) electrons. The summed E-state index contributed by atoms with van der Waals surface area (Å²) in [6, 6.07) is 6.57. The number of halogens is 2. The monoisotopic (exact) mass is 311 g/mol. The molecule has 1 aromatic heterocycles. The number of nitrogens with one attached hydrogen (secondary N) is 1. The van der Waals surface area contributed by atoms with Gasteiger partial charge in [-0.2, -0.15) is 4.98 Å². The molecule has 0 aliphatic heterocycles. The van der Waals surface area contributed by atoms with Crippen molar-refractivity contribution in [1.82, 2.24) is 9.97 Å². The minimum Gasteiger partial charge on any atom is -0.481 e. The number of ether oxygens (including phenoxy) is 1. The van der Waals surface area contributed by atoms with Gasteiger partial charge in [0.1, 0.15) is 5.15 Å². The van der Waals surface area contributed by atoms with E-state index in [4.69, 9.17) is 27.9 Å². The van der Waals surface area contributed by atoms with Crippen LogP contribution in [0.3, 0.4) is 0 Å². The Morgan fingerprint density at radius 1 is 1.25 bits per heavy atom. The van der Waals surface area contributed by atoms with Crippen LogP contribution in [0.25, 0.3) is 0 Å². The molecule has 1 N–H and O–H groups in total. The third-order valence-corrected chi connectivity index (χ3v) is 2.98. The van der Waals surface area contributed by atoms with E-state index in [1.165, 1.54) is 13.2 Å². The van der Waals surface area contributed by atoms with Crippen LogP contribution < -0.4 is 10.1 Å². The van der Waals surface area contributed by atoms with Gasteiger partial charge in [-0.25, -0.2) is 4.98 Å². The van der Waals surface area contributed by atoms with E-state index in [9.17, 15) is 4.79 Å². The number of amides is 1. The minimum absolute atomic E-state index is 0.0518. The highest BCUT2D eigenvalue weighted by Crippen LogP contribution is 2.20. The van der Waals surface area contributed by atoms with Gasteiger partial charge in [-0.3, -0.25) is 10.1 Å². The zero-order chi connectivity index (χ0) is 14.7. The molecule has 0 aliphatic rings. The molecule has 1 heterocycles. The Morgan fingerprint density at radius 3 is 2.65 bits per heavy atom.